The number of benzene rings is 2. The molecule has 0 atom stereocenters. The Bertz CT molecular complexity index is 1890. The lowest BCUT2D eigenvalue weighted by molar-refractivity contribution is 0.322. The molecular formula is C32H28N6O. The number of fused-ring (bicyclic) bond motifs is 2. The van der Waals surface area contributed by atoms with E-state index in [1.807, 2.05) is 12.1 Å². The Morgan fingerprint density at radius 3 is 1.82 bits per heavy atom. The van der Waals surface area contributed by atoms with Crippen LogP contribution in [-0.4, -0.2) is 31.4 Å². The summed E-state index contributed by atoms with van der Waals surface area (Å²) >= 11 is 0. The summed E-state index contributed by atoms with van der Waals surface area (Å²) in [5, 5.41) is 23.0. The van der Waals surface area contributed by atoms with Gasteiger partial charge in [0.2, 0.25) is 0 Å². The van der Waals surface area contributed by atoms with E-state index in [9.17, 15) is 5.26 Å². The summed E-state index contributed by atoms with van der Waals surface area (Å²) < 4.78 is 0. The van der Waals surface area contributed by atoms with E-state index in [-0.39, 0.29) is 0 Å². The molecule has 2 aromatic carbocycles. The first-order valence-electron chi connectivity index (χ1n) is 12.6. The molecule has 0 saturated heterocycles. The summed E-state index contributed by atoms with van der Waals surface area (Å²) in [7, 11) is 0. The van der Waals surface area contributed by atoms with Gasteiger partial charge in [-0.3, -0.25) is 0 Å². The van der Waals surface area contributed by atoms with Crippen molar-refractivity contribution in [2.75, 3.05) is 0 Å². The molecule has 0 saturated carbocycles. The molecule has 3 N–H and O–H groups in total. The number of aryl methyl sites for hydroxylation is 4. The lowest BCUT2D eigenvalue weighted by Crippen LogP contribution is -1.89. The monoisotopic (exact) mass is 512 g/mol. The number of nitrogens with zero attached hydrogens (tertiary/aromatic N) is 4. The number of hydrogen-bond donors (Lipinski definition) is 3. The van der Waals surface area contributed by atoms with Crippen molar-refractivity contribution in [2.45, 2.75) is 27.7 Å². The molecule has 4 heterocycles. The van der Waals surface area contributed by atoms with E-state index in [4.69, 9.17) is 5.21 Å². The Balaban J connectivity index is 0.000000158. The van der Waals surface area contributed by atoms with Gasteiger partial charge in [0.15, 0.2) is 0 Å². The number of aromatic nitrogens is 4. The van der Waals surface area contributed by atoms with Crippen LogP contribution in [0.3, 0.4) is 0 Å². The lowest BCUT2D eigenvalue weighted by atomic mass is 9.96. The highest BCUT2D eigenvalue weighted by molar-refractivity contribution is 6.05. The van der Waals surface area contributed by atoms with Gasteiger partial charge >= 0.3 is 0 Å². The summed E-state index contributed by atoms with van der Waals surface area (Å²) in [6, 6.07) is 18.9. The molecule has 0 amide bonds. The second-order valence-corrected chi connectivity index (χ2v) is 9.60. The number of hydrogen-bond acceptors (Lipinski definition) is 5. The molecule has 0 bridgehead atoms. The Morgan fingerprint density at radius 1 is 0.744 bits per heavy atom. The minimum absolute atomic E-state index is 0.637. The maximum atomic E-state index is 9.21. The molecule has 4 aromatic heterocycles. The normalized spacial score (nSPS) is 11.1. The third-order valence-corrected chi connectivity index (χ3v) is 6.84. The van der Waals surface area contributed by atoms with Gasteiger partial charge in [-0.2, -0.15) is 5.26 Å². The SMILES string of the molecule is Cc1ccc(-c2ccnc3[nH]cc(/C=N/O)c23)c(C)c1.Cc1ccc(-c2ccnc3[nH]cc(C#N)c23)c(C)c1. The first-order valence-corrected chi connectivity index (χ1v) is 12.6. The van der Waals surface area contributed by atoms with E-state index in [1.54, 1.807) is 24.8 Å². The molecule has 0 unspecified atom stereocenters. The first kappa shape index (κ1) is 25.4. The molecule has 0 aliphatic rings. The van der Waals surface area contributed by atoms with Gasteiger partial charge in [-0.05, 0) is 73.2 Å². The van der Waals surface area contributed by atoms with Crippen LogP contribution >= 0.6 is 0 Å². The van der Waals surface area contributed by atoms with Gasteiger partial charge in [0.1, 0.15) is 17.4 Å². The highest BCUT2D eigenvalue weighted by Gasteiger charge is 2.13. The van der Waals surface area contributed by atoms with Gasteiger partial charge in [-0.25, -0.2) is 9.97 Å². The van der Waals surface area contributed by atoms with Crippen LogP contribution in [0.5, 0.6) is 0 Å². The second-order valence-electron chi connectivity index (χ2n) is 9.60. The van der Waals surface area contributed by atoms with Crippen molar-refractivity contribution in [1.29, 1.82) is 5.26 Å². The van der Waals surface area contributed by atoms with Crippen molar-refractivity contribution >= 4 is 28.3 Å². The lowest BCUT2D eigenvalue weighted by Gasteiger charge is -2.09. The predicted molar refractivity (Wildman–Crippen MR) is 156 cm³/mol. The van der Waals surface area contributed by atoms with Crippen LogP contribution in [-0.2, 0) is 0 Å². The number of pyridine rings is 2. The number of rotatable bonds is 3. The number of nitriles is 1. The third-order valence-electron chi connectivity index (χ3n) is 6.84. The van der Waals surface area contributed by atoms with Crippen LogP contribution in [0.15, 0.2) is 78.5 Å². The van der Waals surface area contributed by atoms with Crippen molar-refractivity contribution < 1.29 is 5.21 Å². The molecule has 39 heavy (non-hydrogen) atoms. The predicted octanol–water partition coefficient (Wildman–Crippen LogP) is 7.37. The standard InChI is InChI=1S/C16H15N3O.C16H13N3/c1-10-3-4-13(11(2)7-10)14-5-6-17-16-15(14)12(8-18-16)9-19-20;1-10-3-4-13(11(2)7-10)14-5-6-18-16-15(14)12(8-17)9-19-16/h3-9,20H,1-2H3,(H,17,18);3-7,9H,1-2H3,(H,18,19)/b19-9+;. The molecular weight excluding hydrogens is 484 g/mol. The molecule has 0 spiro atoms. The maximum absolute atomic E-state index is 9.21. The highest BCUT2D eigenvalue weighted by atomic mass is 16.4. The zero-order valence-electron chi connectivity index (χ0n) is 22.2. The second kappa shape index (κ2) is 10.6. The van der Waals surface area contributed by atoms with E-state index < -0.39 is 0 Å². The van der Waals surface area contributed by atoms with Gasteiger partial charge in [-0.15, -0.1) is 0 Å². The highest BCUT2D eigenvalue weighted by Crippen LogP contribution is 2.33. The average molecular weight is 513 g/mol. The smallest absolute Gasteiger partial charge is 0.139 e. The molecule has 7 nitrogen and oxygen atoms in total. The first-order chi connectivity index (χ1) is 18.9. The number of oxime groups is 1. The Hall–Kier alpha value is -5.22. The molecule has 6 aromatic rings. The third kappa shape index (κ3) is 4.88. The largest absolute Gasteiger partial charge is 0.411 e. The van der Waals surface area contributed by atoms with Crippen molar-refractivity contribution in [3.63, 3.8) is 0 Å². The van der Waals surface area contributed by atoms with E-state index in [0.29, 0.717) is 5.56 Å². The Labute approximate surface area is 226 Å². The number of H-pyrrole nitrogens is 2. The van der Waals surface area contributed by atoms with E-state index in [1.165, 1.54) is 28.5 Å². The summed E-state index contributed by atoms with van der Waals surface area (Å²) in [5.41, 5.74) is 12.4. The molecule has 0 aliphatic heterocycles. The van der Waals surface area contributed by atoms with Crippen LogP contribution in [0, 0.1) is 39.0 Å². The van der Waals surface area contributed by atoms with Crippen LogP contribution in [0.25, 0.3) is 44.3 Å². The van der Waals surface area contributed by atoms with E-state index in [2.05, 4.69) is 95.3 Å². The quantitative estimate of drug-likeness (QED) is 0.130. The minimum Gasteiger partial charge on any atom is -0.411 e. The summed E-state index contributed by atoms with van der Waals surface area (Å²) in [5.74, 6) is 0. The van der Waals surface area contributed by atoms with Gasteiger partial charge < -0.3 is 15.2 Å². The topological polar surface area (TPSA) is 114 Å². The molecule has 192 valence electrons. The van der Waals surface area contributed by atoms with Crippen LogP contribution in [0.1, 0.15) is 33.4 Å². The molecule has 0 aliphatic carbocycles. The minimum atomic E-state index is 0.637. The fourth-order valence-electron chi connectivity index (χ4n) is 5.07. The van der Waals surface area contributed by atoms with E-state index in [0.717, 1.165) is 49.9 Å². The van der Waals surface area contributed by atoms with Gasteiger partial charge in [0, 0.05) is 41.1 Å². The maximum Gasteiger partial charge on any atom is 0.139 e. The van der Waals surface area contributed by atoms with Crippen molar-refractivity contribution in [2.24, 2.45) is 5.16 Å². The number of nitrogens with one attached hydrogen (secondary N) is 2. The van der Waals surface area contributed by atoms with E-state index >= 15 is 0 Å². The van der Waals surface area contributed by atoms with Crippen LogP contribution < -0.4 is 0 Å². The fourth-order valence-corrected chi connectivity index (χ4v) is 5.07. The molecule has 0 fully saturated rings. The van der Waals surface area contributed by atoms with Crippen molar-refractivity contribution in [3.8, 4) is 28.3 Å². The summed E-state index contributed by atoms with van der Waals surface area (Å²) in [6.45, 7) is 8.35. The van der Waals surface area contributed by atoms with Crippen molar-refractivity contribution in [3.05, 3.63) is 107 Å². The zero-order chi connectivity index (χ0) is 27.5. The van der Waals surface area contributed by atoms with Gasteiger partial charge in [0.05, 0.1) is 11.8 Å². The Morgan fingerprint density at radius 2 is 1.28 bits per heavy atom. The van der Waals surface area contributed by atoms with Crippen LogP contribution in [0.2, 0.25) is 0 Å². The van der Waals surface area contributed by atoms with Gasteiger partial charge in [-0.1, -0.05) is 52.7 Å². The van der Waals surface area contributed by atoms with Gasteiger partial charge in [0.25, 0.3) is 0 Å². The summed E-state index contributed by atoms with van der Waals surface area (Å²) in [6.07, 6.45) is 8.49. The average Bonchev–Trinajstić information content (AvgIpc) is 3.54. The molecule has 7 heteroatoms. The van der Waals surface area contributed by atoms with Crippen molar-refractivity contribution in [1.82, 2.24) is 19.9 Å². The fraction of sp³-hybridized carbons (Fsp3) is 0.125. The zero-order valence-corrected chi connectivity index (χ0v) is 22.2. The number of aromatic amines is 2. The van der Waals surface area contributed by atoms with Crippen LogP contribution in [0.4, 0.5) is 0 Å². The summed E-state index contributed by atoms with van der Waals surface area (Å²) in [4.78, 5) is 14.7. The molecule has 0 radical (unpaired) electrons. The molecule has 6 rings (SSSR count). The Kier molecular flexibility index (Phi) is 6.94.